The average molecular weight is 252 g/mol. The highest BCUT2D eigenvalue weighted by molar-refractivity contribution is 5.89. The highest BCUT2D eigenvalue weighted by Gasteiger charge is 2.06. The Morgan fingerprint density at radius 1 is 1.22 bits per heavy atom. The Balaban J connectivity index is 2.25. The fourth-order valence-corrected chi connectivity index (χ4v) is 1.13. The molecule has 0 saturated heterocycles. The van der Waals surface area contributed by atoms with E-state index in [-0.39, 0.29) is 13.2 Å². The largest absolute Gasteiger partial charge is 0.497 e. The molecule has 0 bridgehead atoms. The van der Waals surface area contributed by atoms with E-state index in [0.29, 0.717) is 17.9 Å². The smallest absolute Gasteiger partial charge is 0.338 e. The molecule has 0 atom stereocenters. The standard InChI is InChI=1S/C13H16O5/c1-3-8-17-18-10-9-16-13(14)11-4-6-12(15-2)7-5-11/h3-7H,1,8-10H2,2H3. The molecule has 0 aliphatic rings. The van der Waals surface area contributed by atoms with Gasteiger partial charge >= 0.3 is 5.97 Å². The maximum absolute atomic E-state index is 11.6. The van der Waals surface area contributed by atoms with Gasteiger partial charge in [-0.1, -0.05) is 6.08 Å². The maximum atomic E-state index is 11.6. The van der Waals surface area contributed by atoms with Gasteiger partial charge in [-0.3, -0.25) is 0 Å². The number of hydrogen-bond donors (Lipinski definition) is 0. The summed E-state index contributed by atoms with van der Waals surface area (Å²) in [7, 11) is 1.56. The van der Waals surface area contributed by atoms with Crippen LogP contribution in [-0.4, -0.2) is 32.9 Å². The Bertz CT molecular complexity index is 371. The topological polar surface area (TPSA) is 54.0 Å². The second kappa shape index (κ2) is 8.27. The molecule has 0 fully saturated rings. The summed E-state index contributed by atoms with van der Waals surface area (Å²) in [5.41, 5.74) is 0.461. The first-order valence-corrected chi connectivity index (χ1v) is 5.44. The van der Waals surface area contributed by atoms with Crippen molar-refractivity contribution in [3.8, 4) is 5.75 Å². The maximum Gasteiger partial charge on any atom is 0.338 e. The molecule has 0 aromatic heterocycles. The lowest BCUT2D eigenvalue weighted by molar-refractivity contribution is -0.289. The third kappa shape index (κ3) is 4.99. The molecular formula is C13H16O5. The Hall–Kier alpha value is -1.85. The number of benzene rings is 1. The Morgan fingerprint density at radius 2 is 1.94 bits per heavy atom. The molecule has 5 heteroatoms. The van der Waals surface area contributed by atoms with Gasteiger partial charge in [-0.25, -0.2) is 14.6 Å². The van der Waals surface area contributed by atoms with Crippen LogP contribution < -0.4 is 4.74 Å². The van der Waals surface area contributed by atoms with Gasteiger partial charge in [0.1, 0.15) is 25.6 Å². The molecule has 1 rings (SSSR count). The van der Waals surface area contributed by atoms with Crippen LogP contribution in [0.2, 0.25) is 0 Å². The van der Waals surface area contributed by atoms with Crippen molar-refractivity contribution in [3.05, 3.63) is 42.5 Å². The second-order valence-corrected chi connectivity index (χ2v) is 3.26. The van der Waals surface area contributed by atoms with E-state index in [1.807, 2.05) is 0 Å². The van der Waals surface area contributed by atoms with Crippen LogP contribution in [0.3, 0.4) is 0 Å². The zero-order valence-corrected chi connectivity index (χ0v) is 10.3. The predicted molar refractivity (Wildman–Crippen MR) is 65.4 cm³/mol. The first kappa shape index (κ1) is 14.2. The molecule has 1 aromatic carbocycles. The summed E-state index contributed by atoms with van der Waals surface area (Å²) in [4.78, 5) is 21.0. The Kier molecular flexibility index (Phi) is 6.53. The number of carbonyl (C=O) groups excluding carboxylic acids is 1. The summed E-state index contributed by atoms with van der Waals surface area (Å²) in [6, 6.07) is 6.66. The van der Waals surface area contributed by atoms with Gasteiger partial charge in [0.2, 0.25) is 0 Å². The van der Waals surface area contributed by atoms with E-state index in [0.717, 1.165) is 0 Å². The van der Waals surface area contributed by atoms with Crippen LogP contribution in [0.1, 0.15) is 10.4 Å². The SMILES string of the molecule is C=CCOOCCOC(=O)c1ccc(OC)cc1. The van der Waals surface area contributed by atoms with Gasteiger partial charge in [0.05, 0.1) is 12.7 Å². The third-order valence-corrected chi connectivity index (χ3v) is 1.99. The lowest BCUT2D eigenvalue weighted by Crippen LogP contribution is -2.11. The van der Waals surface area contributed by atoms with E-state index in [1.54, 1.807) is 37.5 Å². The van der Waals surface area contributed by atoms with Crippen molar-refractivity contribution >= 4 is 5.97 Å². The number of esters is 1. The van der Waals surface area contributed by atoms with Crippen molar-refractivity contribution in [1.29, 1.82) is 0 Å². The van der Waals surface area contributed by atoms with Crippen molar-refractivity contribution in [2.45, 2.75) is 0 Å². The molecule has 0 aliphatic heterocycles. The highest BCUT2D eigenvalue weighted by atomic mass is 17.2. The lowest BCUT2D eigenvalue weighted by atomic mass is 10.2. The second-order valence-electron chi connectivity index (χ2n) is 3.26. The van der Waals surface area contributed by atoms with Gasteiger partial charge in [0, 0.05) is 0 Å². The zero-order chi connectivity index (χ0) is 13.2. The minimum absolute atomic E-state index is 0.127. The zero-order valence-electron chi connectivity index (χ0n) is 10.3. The van der Waals surface area contributed by atoms with Crippen LogP contribution >= 0.6 is 0 Å². The van der Waals surface area contributed by atoms with E-state index in [9.17, 15) is 4.79 Å². The Morgan fingerprint density at radius 3 is 2.56 bits per heavy atom. The highest BCUT2D eigenvalue weighted by Crippen LogP contribution is 2.11. The minimum Gasteiger partial charge on any atom is -0.497 e. The minimum atomic E-state index is -0.412. The van der Waals surface area contributed by atoms with Gasteiger partial charge in [-0.05, 0) is 24.3 Å². The predicted octanol–water partition coefficient (Wildman–Crippen LogP) is 1.99. The van der Waals surface area contributed by atoms with Crippen LogP contribution in [0.5, 0.6) is 5.75 Å². The van der Waals surface area contributed by atoms with Crippen molar-refractivity contribution in [2.75, 3.05) is 26.9 Å². The normalized spacial score (nSPS) is 9.83. The third-order valence-electron chi connectivity index (χ3n) is 1.99. The molecule has 0 aliphatic carbocycles. The summed E-state index contributed by atoms with van der Waals surface area (Å²) in [6.07, 6.45) is 1.56. The molecule has 0 saturated carbocycles. The Labute approximate surface area is 106 Å². The van der Waals surface area contributed by atoms with E-state index in [4.69, 9.17) is 14.4 Å². The fourth-order valence-electron chi connectivity index (χ4n) is 1.13. The average Bonchev–Trinajstić information content (AvgIpc) is 2.42. The number of rotatable bonds is 8. The van der Waals surface area contributed by atoms with Gasteiger partial charge in [-0.15, -0.1) is 6.58 Å². The molecule has 98 valence electrons. The molecule has 5 nitrogen and oxygen atoms in total. The van der Waals surface area contributed by atoms with Crippen molar-refractivity contribution < 1.29 is 24.0 Å². The van der Waals surface area contributed by atoms with Crippen LogP contribution in [-0.2, 0) is 14.5 Å². The van der Waals surface area contributed by atoms with Gasteiger partial charge < -0.3 is 9.47 Å². The van der Waals surface area contributed by atoms with E-state index in [2.05, 4.69) is 11.5 Å². The van der Waals surface area contributed by atoms with E-state index in [1.165, 1.54) is 0 Å². The molecular weight excluding hydrogens is 236 g/mol. The quantitative estimate of drug-likeness (QED) is 0.233. The first-order chi connectivity index (χ1) is 8.77. The van der Waals surface area contributed by atoms with E-state index < -0.39 is 5.97 Å². The molecule has 0 spiro atoms. The molecule has 0 amide bonds. The summed E-state index contributed by atoms with van der Waals surface area (Å²) in [5, 5.41) is 0. The number of methoxy groups -OCH3 is 1. The molecule has 0 N–H and O–H groups in total. The molecule has 18 heavy (non-hydrogen) atoms. The van der Waals surface area contributed by atoms with Crippen molar-refractivity contribution in [2.24, 2.45) is 0 Å². The summed E-state index contributed by atoms with van der Waals surface area (Å²) in [6.45, 7) is 4.06. The fraction of sp³-hybridized carbons (Fsp3) is 0.308. The van der Waals surface area contributed by atoms with Crippen LogP contribution in [0.15, 0.2) is 36.9 Å². The lowest BCUT2D eigenvalue weighted by Gasteiger charge is -2.05. The number of carbonyl (C=O) groups is 1. The summed E-state index contributed by atoms with van der Waals surface area (Å²) in [5.74, 6) is 0.276. The summed E-state index contributed by atoms with van der Waals surface area (Å²) >= 11 is 0. The molecule has 0 unspecified atom stereocenters. The van der Waals surface area contributed by atoms with Gasteiger partial charge in [-0.2, -0.15) is 0 Å². The van der Waals surface area contributed by atoms with Crippen LogP contribution in [0.25, 0.3) is 0 Å². The van der Waals surface area contributed by atoms with E-state index >= 15 is 0 Å². The van der Waals surface area contributed by atoms with Crippen molar-refractivity contribution in [1.82, 2.24) is 0 Å². The summed E-state index contributed by atoms with van der Waals surface area (Å²) < 4.78 is 9.96. The van der Waals surface area contributed by atoms with Crippen LogP contribution in [0, 0.1) is 0 Å². The monoisotopic (exact) mass is 252 g/mol. The molecule has 0 radical (unpaired) electrons. The van der Waals surface area contributed by atoms with Gasteiger partial charge in [0.15, 0.2) is 0 Å². The number of hydrogen-bond acceptors (Lipinski definition) is 5. The number of ether oxygens (including phenoxy) is 2. The molecule has 1 aromatic rings. The first-order valence-electron chi connectivity index (χ1n) is 5.44. The van der Waals surface area contributed by atoms with Crippen LogP contribution in [0.4, 0.5) is 0 Å². The van der Waals surface area contributed by atoms with Gasteiger partial charge in [0.25, 0.3) is 0 Å². The van der Waals surface area contributed by atoms with Crippen molar-refractivity contribution in [3.63, 3.8) is 0 Å². The molecule has 0 heterocycles.